The van der Waals surface area contributed by atoms with Gasteiger partial charge < -0.3 is 19.7 Å². The van der Waals surface area contributed by atoms with E-state index in [1.165, 1.54) is 11.8 Å². The number of hydrogen-bond acceptors (Lipinski definition) is 6. The van der Waals surface area contributed by atoms with Gasteiger partial charge in [0.25, 0.3) is 0 Å². The monoisotopic (exact) mass is 403 g/mol. The Bertz CT molecular complexity index is 938. The third-order valence-corrected chi connectivity index (χ3v) is 4.98. The van der Waals surface area contributed by atoms with Crippen LogP contribution < -0.4 is 16.0 Å². The summed E-state index contributed by atoms with van der Waals surface area (Å²) in [5, 5.41) is 12.4. The van der Waals surface area contributed by atoms with Crippen molar-refractivity contribution in [3.8, 4) is 11.6 Å². The Labute approximate surface area is 155 Å². The molecule has 27 heavy (non-hydrogen) atoms. The van der Waals surface area contributed by atoms with Gasteiger partial charge in [-0.2, -0.15) is 11.8 Å². The number of anilines is 1. The maximum absolute atomic E-state index is 14.6. The topological polar surface area (TPSA) is 87.7 Å². The number of benzene rings is 1. The Morgan fingerprint density at radius 1 is 1.30 bits per heavy atom. The summed E-state index contributed by atoms with van der Waals surface area (Å²) < 4.78 is 48.8. The molecule has 2 N–H and O–H groups in total. The number of nitrogens with one attached hydrogen (secondary N) is 1. The molecule has 0 saturated carbocycles. The summed E-state index contributed by atoms with van der Waals surface area (Å²) in [6.07, 6.45) is 0. The molecule has 1 amide bonds. The van der Waals surface area contributed by atoms with Crippen molar-refractivity contribution in [1.29, 1.82) is 0 Å². The Hall–Kier alpha value is -2.56. The molecule has 11 heteroatoms. The van der Waals surface area contributed by atoms with Crippen molar-refractivity contribution >= 4 is 23.4 Å². The van der Waals surface area contributed by atoms with E-state index >= 15 is 0 Å². The predicted molar refractivity (Wildman–Crippen MR) is 92.9 cm³/mol. The summed E-state index contributed by atoms with van der Waals surface area (Å²) in [4.78, 5) is 24.3. The maximum Gasteiger partial charge on any atom is 0.426 e. The molecular weight excluding hydrogens is 387 g/mol. The van der Waals surface area contributed by atoms with Gasteiger partial charge >= 0.3 is 5.76 Å². The molecule has 0 aliphatic carbocycles. The fraction of sp³-hybridized carbons (Fsp3) is 0.375. The van der Waals surface area contributed by atoms with Crippen molar-refractivity contribution in [2.45, 2.75) is 13.5 Å². The summed E-state index contributed by atoms with van der Waals surface area (Å²) in [7, 11) is 0. The minimum atomic E-state index is -1.49. The highest BCUT2D eigenvalue weighted by atomic mass is 32.2. The second-order valence-electron chi connectivity index (χ2n) is 5.81. The lowest BCUT2D eigenvalue weighted by Gasteiger charge is -2.29. The molecule has 1 aromatic carbocycles. The molecule has 1 fully saturated rings. The van der Waals surface area contributed by atoms with E-state index in [1.807, 2.05) is 0 Å². The van der Waals surface area contributed by atoms with Crippen LogP contribution in [0.15, 0.2) is 15.3 Å². The van der Waals surface area contributed by atoms with Crippen molar-refractivity contribution in [1.82, 2.24) is 9.88 Å². The number of hydrogen-bond donors (Lipinski definition) is 2. The molecule has 0 radical (unpaired) electrons. The van der Waals surface area contributed by atoms with Crippen LogP contribution in [0.5, 0.6) is 5.88 Å². The average Bonchev–Trinajstić information content (AvgIpc) is 2.91. The molecule has 2 heterocycles. The highest BCUT2D eigenvalue weighted by molar-refractivity contribution is 7.99. The van der Waals surface area contributed by atoms with Gasteiger partial charge in [-0.15, -0.1) is 0 Å². The Kier molecular flexibility index (Phi) is 5.40. The number of aromatic hydroxyl groups is 1. The zero-order valence-electron chi connectivity index (χ0n) is 14.2. The molecule has 1 aliphatic rings. The quantitative estimate of drug-likeness (QED) is 0.757. The molecule has 146 valence electrons. The Morgan fingerprint density at radius 3 is 2.59 bits per heavy atom. The van der Waals surface area contributed by atoms with E-state index in [2.05, 4.69) is 5.32 Å². The van der Waals surface area contributed by atoms with E-state index in [0.29, 0.717) is 35.2 Å². The van der Waals surface area contributed by atoms with E-state index in [1.54, 1.807) is 11.8 Å². The molecule has 3 rings (SSSR count). The van der Waals surface area contributed by atoms with Crippen LogP contribution in [0.3, 0.4) is 0 Å². The van der Waals surface area contributed by atoms with Crippen LogP contribution in [-0.2, 0) is 11.3 Å². The van der Waals surface area contributed by atoms with Crippen LogP contribution in [0.1, 0.15) is 12.7 Å². The van der Waals surface area contributed by atoms with Crippen LogP contribution in [-0.4, -0.2) is 40.2 Å². The van der Waals surface area contributed by atoms with Crippen molar-refractivity contribution < 1.29 is 27.5 Å². The zero-order valence-corrected chi connectivity index (χ0v) is 15.0. The minimum absolute atomic E-state index is 0.314. The number of aromatic nitrogens is 1. The number of nitrogens with zero attached hydrogens (tertiary/aromatic N) is 2. The second kappa shape index (κ2) is 7.59. The maximum atomic E-state index is 14.6. The van der Waals surface area contributed by atoms with E-state index in [0.717, 1.165) is 0 Å². The first-order valence-electron chi connectivity index (χ1n) is 8.00. The van der Waals surface area contributed by atoms with Gasteiger partial charge in [-0.25, -0.2) is 22.5 Å². The van der Waals surface area contributed by atoms with Gasteiger partial charge in [-0.05, 0) is 0 Å². The lowest BCUT2D eigenvalue weighted by atomic mass is 10.2. The van der Waals surface area contributed by atoms with E-state index in [9.17, 15) is 27.9 Å². The van der Waals surface area contributed by atoms with Crippen LogP contribution in [0, 0.1) is 17.5 Å². The molecule has 2 aromatic rings. The van der Waals surface area contributed by atoms with E-state index < -0.39 is 46.4 Å². The molecule has 0 atom stereocenters. The van der Waals surface area contributed by atoms with E-state index in [-0.39, 0.29) is 12.3 Å². The number of oxazole rings is 1. The number of rotatable bonds is 4. The van der Waals surface area contributed by atoms with Gasteiger partial charge in [0.05, 0.1) is 12.2 Å². The standard InChI is InChI=1S/C16H16F3N3O4S/c1-8(23)20-7-11-15(24)22(16(25)26-11)10-6-9(17)14(13(19)12(10)18)21-2-4-27-5-3-21/h6,24H,2-5,7H2,1H3,(H,20,23). The van der Waals surface area contributed by atoms with Gasteiger partial charge in [-0.3, -0.25) is 4.79 Å². The third kappa shape index (κ3) is 3.64. The van der Waals surface area contributed by atoms with Gasteiger partial charge in [0.1, 0.15) is 5.69 Å². The summed E-state index contributed by atoms with van der Waals surface area (Å²) in [6, 6.07) is 0.633. The van der Waals surface area contributed by atoms with Crippen LogP contribution in [0.25, 0.3) is 5.69 Å². The van der Waals surface area contributed by atoms with Crippen molar-refractivity contribution in [2.24, 2.45) is 0 Å². The van der Waals surface area contributed by atoms with Gasteiger partial charge in [-0.1, -0.05) is 0 Å². The number of carbonyl (C=O) groups excluding carboxylic acids is 1. The summed E-state index contributed by atoms with van der Waals surface area (Å²) in [5.41, 5.74) is -1.33. The number of amides is 1. The fourth-order valence-electron chi connectivity index (χ4n) is 2.75. The number of halogens is 3. The van der Waals surface area contributed by atoms with Gasteiger partial charge in [0.2, 0.25) is 11.8 Å². The first kappa shape index (κ1) is 19.2. The lowest BCUT2D eigenvalue weighted by molar-refractivity contribution is -0.119. The number of thioether (sulfide) groups is 1. The van der Waals surface area contributed by atoms with Crippen molar-refractivity contribution in [2.75, 3.05) is 29.5 Å². The van der Waals surface area contributed by atoms with Crippen LogP contribution in [0.2, 0.25) is 0 Å². The van der Waals surface area contributed by atoms with E-state index in [4.69, 9.17) is 4.42 Å². The predicted octanol–water partition coefficient (Wildman–Crippen LogP) is 1.74. The summed E-state index contributed by atoms with van der Waals surface area (Å²) in [5.74, 6) is -5.63. The normalized spacial score (nSPS) is 14.4. The van der Waals surface area contributed by atoms with Crippen molar-refractivity contribution in [3.63, 3.8) is 0 Å². The van der Waals surface area contributed by atoms with Crippen LogP contribution >= 0.6 is 11.8 Å². The molecule has 0 bridgehead atoms. The third-order valence-electron chi connectivity index (χ3n) is 4.04. The van der Waals surface area contributed by atoms with Crippen LogP contribution in [0.4, 0.5) is 18.9 Å². The molecule has 0 unspecified atom stereocenters. The highest BCUT2D eigenvalue weighted by Crippen LogP contribution is 2.32. The summed E-state index contributed by atoms with van der Waals surface area (Å²) >= 11 is 1.62. The first-order valence-corrected chi connectivity index (χ1v) is 9.15. The molecule has 1 saturated heterocycles. The smallest absolute Gasteiger partial charge is 0.426 e. The fourth-order valence-corrected chi connectivity index (χ4v) is 3.66. The SMILES string of the molecule is CC(=O)NCc1oc(=O)n(-c2cc(F)c(N3CCSCC3)c(F)c2F)c1O. The molecular formula is C16H16F3N3O4S. The molecule has 0 spiro atoms. The van der Waals surface area contributed by atoms with Gasteiger partial charge in [0.15, 0.2) is 23.2 Å². The van der Waals surface area contributed by atoms with Gasteiger partial charge in [0, 0.05) is 37.6 Å². The summed E-state index contributed by atoms with van der Waals surface area (Å²) in [6.45, 7) is 1.57. The minimum Gasteiger partial charge on any atom is -0.492 e. The Balaban J connectivity index is 2.05. The van der Waals surface area contributed by atoms with Crippen molar-refractivity contribution in [3.05, 3.63) is 39.8 Å². The zero-order chi connectivity index (χ0) is 19.7. The highest BCUT2D eigenvalue weighted by Gasteiger charge is 2.28. The molecule has 1 aromatic heterocycles. The largest absolute Gasteiger partial charge is 0.492 e. The first-order chi connectivity index (χ1) is 12.8. The lowest BCUT2D eigenvalue weighted by Crippen LogP contribution is -2.34. The molecule has 1 aliphatic heterocycles. The second-order valence-corrected chi connectivity index (χ2v) is 7.04. The molecule has 7 nitrogen and oxygen atoms in total. The average molecular weight is 403 g/mol. The Morgan fingerprint density at radius 2 is 1.96 bits per heavy atom. The number of carbonyl (C=O) groups is 1.